The zero-order valence-corrected chi connectivity index (χ0v) is 10.6. The predicted octanol–water partition coefficient (Wildman–Crippen LogP) is 0.688. The topological polar surface area (TPSA) is 119 Å². The van der Waals surface area contributed by atoms with Crippen LogP contribution in [0.15, 0.2) is 18.2 Å². The van der Waals surface area contributed by atoms with Crippen LogP contribution in [-0.2, 0) is 19.9 Å². The molecule has 1 heterocycles. The molecule has 8 heteroatoms. The fourth-order valence-corrected chi connectivity index (χ4v) is 2.04. The van der Waals surface area contributed by atoms with Gasteiger partial charge in [-0.15, -0.1) is 0 Å². The first-order chi connectivity index (χ1) is 9.38. The minimum absolute atomic E-state index is 0.00440. The second kappa shape index (κ2) is 4.89. The summed E-state index contributed by atoms with van der Waals surface area (Å²) in [7, 11) is 0. The molecule has 0 fully saturated rings. The Labute approximate surface area is 113 Å². The first-order valence-corrected chi connectivity index (χ1v) is 5.87. The number of nitrogens with zero attached hydrogens (tertiary/aromatic N) is 1. The molecule has 0 radical (unpaired) electrons. The normalized spacial score (nSPS) is 20.2. The number of nitrogens with one attached hydrogen (secondary N) is 1. The Hall–Kier alpha value is -2.48. The van der Waals surface area contributed by atoms with Gasteiger partial charge in [0.05, 0.1) is 18.0 Å². The van der Waals surface area contributed by atoms with E-state index >= 15 is 0 Å². The van der Waals surface area contributed by atoms with Gasteiger partial charge in [-0.25, -0.2) is 0 Å². The van der Waals surface area contributed by atoms with Crippen LogP contribution >= 0.6 is 0 Å². The molecule has 20 heavy (non-hydrogen) atoms. The van der Waals surface area contributed by atoms with E-state index in [4.69, 9.17) is 4.74 Å². The number of amides is 1. The van der Waals surface area contributed by atoms with Gasteiger partial charge in [-0.3, -0.25) is 19.7 Å². The molecule has 0 aromatic heterocycles. The van der Waals surface area contributed by atoms with Gasteiger partial charge in [-0.1, -0.05) is 0 Å². The standard InChI is InChI=1S/C12H12N2O6/c1-2-20-10(15)6-12(17)8-5-7(14(18)19)3-4-9(8)13-11(12)16/h3-5,17H,2,6H2,1H3,(H,13,16). The van der Waals surface area contributed by atoms with E-state index in [2.05, 4.69) is 5.32 Å². The van der Waals surface area contributed by atoms with Crippen molar-refractivity contribution >= 4 is 23.3 Å². The zero-order chi connectivity index (χ0) is 14.9. The fourth-order valence-electron chi connectivity index (χ4n) is 2.04. The summed E-state index contributed by atoms with van der Waals surface area (Å²) in [4.78, 5) is 33.4. The summed E-state index contributed by atoms with van der Waals surface area (Å²) in [5, 5.41) is 23.5. The highest BCUT2D eigenvalue weighted by Crippen LogP contribution is 2.40. The van der Waals surface area contributed by atoms with Gasteiger partial charge in [-0.05, 0) is 13.0 Å². The number of carbonyl (C=O) groups excluding carboxylic acids is 2. The van der Waals surface area contributed by atoms with Crippen molar-refractivity contribution in [3.05, 3.63) is 33.9 Å². The summed E-state index contributed by atoms with van der Waals surface area (Å²) in [5.74, 6) is -1.56. The lowest BCUT2D eigenvalue weighted by molar-refractivity contribution is -0.385. The summed E-state index contributed by atoms with van der Waals surface area (Å²) in [6.07, 6.45) is -0.596. The number of non-ortho nitro benzene ring substituents is 1. The van der Waals surface area contributed by atoms with E-state index in [0.717, 1.165) is 6.07 Å². The van der Waals surface area contributed by atoms with Crippen molar-refractivity contribution in [2.45, 2.75) is 18.9 Å². The molecule has 1 aromatic rings. The molecule has 1 aliphatic heterocycles. The number of hydrogen-bond donors (Lipinski definition) is 2. The summed E-state index contributed by atoms with van der Waals surface area (Å²) >= 11 is 0. The SMILES string of the molecule is CCOC(=O)CC1(O)C(=O)Nc2ccc([N+](=O)[O-])cc21. The van der Waals surface area contributed by atoms with E-state index in [1.165, 1.54) is 12.1 Å². The van der Waals surface area contributed by atoms with E-state index in [1.807, 2.05) is 0 Å². The van der Waals surface area contributed by atoms with Crippen molar-refractivity contribution in [2.24, 2.45) is 0 Å². The highest BCUT2D eigenvalue weighted by molar-refractivity contribution is 6.06. The van der Waals surface area contributed by atoms with Gasteiger partial charge in [0, 0.05) is 23.4 Å². The monoisotopic (exact) mass is 280 g/mol. The number of carbonyl (C=O) groups is 2. The third-order valence-corrected chi connectivity index (χ3v) is 2.99. The van der Waals surface area contributed by atoms with Crippen LogP contribution in [0.3, 0.4) is 0 Å². The number of aliphatic hydroxyl groups is 1. The fraction of sp³-hybridized carbons (Fsp3) is 0.333. The van der Waals surface area contributed by atoms with Crippen LogP contribution in [0.25, 0.3) is 0 Å². The highest BCUT2D eigenvalue weighted by atomic mass is 16.6. The molecule has 0 spiro atoms. The van der Waals surface area contributed by atoms with Gasteiger partial charge >= 0.3 is 5.97 Å². The average Bonchev–Trinajstić information content (AvgIpc) is 2.61. The minimum Gasteiger partial charge on any atom is -0.466 e. The van der Waals surface area contributed by atoms with Crippen molar-refractivity contribution in [1.29, 1.82) is 0 Å². The molecule has 1 unspecified atom stereocenters. The molecule has 1 aliphatic rings. The summed E-state index contributed by atoms with van der Waals surface area (Å²) in [6.45, 7) is 1.70. The third-order valence-electron chi connectivity index (χ3n) is 2.99. The highest BCUT2D eigenvalue weighted by Gasteiger charge is 2.48. The number of nitro benzene ring substituents is 1. The van der Waals surface area contributed by atoms with Crippen LogP contribution in [0.5, 0.6) is 0 Å². The van der Waals surface area contributed by atoms with Gasteiger partial charge < -0.3 is 15.2 Å². The van der Waals surface area contributed by atoms with Gasteiger partial charge in [0.1, 0.15) is 0 Å². The second-order valence-corrected chi connectivity index (χ2v) is 4.28. The lowest BCUT2D eigenvalue weighted by Gasteiger charge is -2.19. The van der Waals surface area contributed by atoms with Crippen LogP contribution in [0, 0.1) is 10.1 Å². The van der Waals surface area contributed by atoms with E-state index < -0.39 is 28.8 Å². The van der Waals surface area contributed by atoms with E-state index in [9.17, 15) is 24.8 Å². The van der Waals surface area contributed by atoms with Crippen LogP contribution in [0.2, 0.25) is 0 Å². The van der Waals surface area contributed by atoms with Crippen molar-refractivity contribution in [2.75, 3.05) is 11.9 Å². The number of ether oxygens (including phenoxy) is 1. The maximum absolute atomic E-state index is 11.8. The van der Waals surface area contributed by atoms with Crippen molar-refractivity contribution in [1.82, 2.24) is 0 Å². The Morgan fingerprint density at radius 3 is 2.85 bits per heavy atom. The van der Waals surface area contributed by atoms with Crippen LogP contribution < -0.4 is 5.32 Å². The first kappa shape index (κ1) is 13.9. The Morgan fingerprint density at radius 1 is 1.55 bits per heavy atom. The van der Waals surface area contributed by atoms with Crippen LogP contribution in [0.1, 0.15) is 18.9 Å². The number of esters is 1. The van der Waals surface area contributed by atoms with E-state index in [-0.39, 0.29) is 23.5 Å². The zero-order valence-electron chi connectivity index (χ0n) is 10.6. The molecule has 2 rings (SSSR count). The largest absolute Gasteiger partial charge is 0.466 e. The third kappa shape index (κ3) is 2.21. The van der Waals surface area contributed by atoms with Gasteiger partial charge in [0.25, 0.3) is 11.6 Å². The Kier molecular flexibility index (Phi) is 3.41. The average molecular weight is 280 g/mol. The summed E-state index contributed by atoms with van der Waals surface area (Å²) in [6, 6.07) is 3.59. The lowest BCUT2D eigenvalue weighted by atomic mass is 9.91. The smallest absolute Gasteiger partial charge is 0.309 e. The number of anilines is 1. The van der Waals surface area contributed by atoms with E-state index in [1.54, 1.807) is 6.92 Å². The minimum atomic E-state index is -2.15. The number of hydrogen-bond acceptors (Lipinski definition) is 6. The maximum Gasteiger partial charge on any atom is 0.309 e. The molecule has 1 atom stereocenters. The summed E-state index contributed by atoms with van der Waals surface area (Å²) < 4.78 is 4.70. The molecule has 1 aromatic carbocycles. The number of fused-ring (bicyclic) bond motifs is 1. The molecule has 0 aliphatic carbocycles. The van der Waals surface area contributed by atoms with E-state index in [0.29, 0.717) is 0 Å². The Bertz CT molecular complexity index is 600. The van der Waals surface area contributed by atoms with Crippen molar-refractivity contribution < 1.29 is 24.4 Å². The first-order valence-electron chi connectivity index (χ1n) is 5.87. The predicted molar refractivity (Wildman–Crippen MR) is 66.9 cm³/mol. The molecule has 8 nitrogen and oxygen atoms in total. The molecule has 0 bridgehead atoms. The van der Waals surface area contributed by atoms with Crippen molar-refractivity contribution in [3.63, 3.8) is 0 Å². The maximum atomic E-state index is 11.8. The summed E-state index contributed by atoms with van der Waals surface area (Å²) in [5.41, 5.74) is -2.17. The van der Waals surface area contributed by atoms with Crippen LogP contribution in [-0.4, -0.2) is 28.5 Å². The van der Waals surface area contributed by atoms with Gasteiger partial charge in [0.15, 0.2) is 5.60 Å². The Balaban J connectivity index is 2.41. The molecular weight excluding hydrogens is 268 g/mol. The molecular formula is C12H12N2O6. The second-order valence-electron chi connectivity index (χ2n) is 4.28. The number of benzene rings is 1. The van der Waals surface area contributed by atoms with Crippen molar-refractivity contribution in [3.8, 4) is 0 Å². The lowest BCUT2D eigenvalue weighted by Crippen LogP contribution is -2.37. The van der Waals surface area contributed by atoms with Gasteiger partial charge in [-0.2, -0.15) is 0 Å². The number of rotatable bonds is 4. The number of nitro groups is 1. The molecule has 2 N–H and O–H groups in total. The Morgan fingerprint density at radius 2 is 2.25 bits per heavy atom. The quantitative estimate of drug-likeness (QED) is 0.475. The van der Waals surface area contributed by atoms with Crippen LogP contribution in [0.4, 0.5) is 11.4 Å². The molecule has 106 valence electrons. The van der Waals surface area contributed by atoms with Gasteiger partial charge in [0.2, 0.25) is 0 Å². The molecule has 1 amide bonds. The molecule has 0 saturated carbocycles. The molecule has 0 saturated heterocycles.